The quantitative estimate of drug-likeness (QED) is 0.860. The van der Waals surface area contributed by atoms with Crippen LogP contribution in [0.2, 0.25) is 0 Å². The van der Waals surface area contributed by atoms with E-state index in [0.717, 1.165) is 0 Å². The number of methoxy groups -OCH3 is 2. The first-order valence-corrected chi connectivity index (χ1v) is 6.71. The minimum absolute atomic E-state index is 0.0857. The molecule has 0 unspecified atom stereocenters. The van der Waals surface area contributed by atoms with Gasteiger partial charge in [-0.05, 0) is 30.3 Å². The molecule has 0 amide bonds. The third kappa shape index (κ3) is 3.62. The van der Waals surface area contributed by atoms with Crippen LogP contribution in [-0.2, 0) is 9.47 Å². The highest BCUT2D eigenvalue weighted by atomic mass is 16.5. The Morgan fingerprint density at radius 2 is 1.58 bits per heavy atom. The van der Waals surface area contributed by atoms with Crippen LogP contribution in [0.5, 0.6) is 17.2 Å². The third-order valence-electron chi connectivity index (χ3n) is 3.06. The van der Waals surface area contributed by atoms with Gasteiger partial charge in [0.15, 0.2) is 0 Å². The molecule has 24 heavy (non-hydrogen) atoms. The second kappa shape index (κ2) is 7.15. The lowest BCUT2D eigenvalue weighted by molar-refractivity contribution is 0.0598. The van der Waals surface area contributed by atoms with E-state index in [1.54, 1.807) is 0 Å². The molecule has 0 fully saturated rings. The molecule has 122 valence electrons. The number of esters is 2. The van der Waals surface area contributed by atoms with Gasteiger partial charge in [0.2, 0.25) is 0 Å². The van der Waals surface area contributed by atoms with Crippen molar-refractivity contribution in [2.45, 2.75) is 0 Å². The average molecular weight is 327 g/mol. The molecular weight excluding hydrogens is 314 g/mol. The van der Waals surface area contributed by atoms with Gasteiger partial charge in [0.1, 0.15) is 23.3 Å². The van der Waals surface area contributed by atoms with Crippen LogP contribution in [0.4, 0.5) is 0 Å². The Kier molecular flexibility index (Phi) is 5.02. The van der Waals surface area contributed by atoms with Crippen LogP contribution in [-0.4, -0.2) is 31.3 Å². The molecular formula is C17H13NO6. The van der Waals surface area contributed by atoms with Gasteiger partial charge in [-0.1, -0.05) is 0 Å². The maximum Gasteiger partial charge on any atom is 0.338 e. The van der Waals surface area contributed by atoms with Crippen LogP contribution in [0.3, 0.4) is 0 Å². The highest BCUT2D eigenvalue weighted by molar-refractivity contribution is 5.96. The first-order chi connectivity index (χ1) is 11.5. The molecule has 7 heteroatoms. The Labute approximate surface area is 137 Å². The SMILES string of the molecule is COC(=O)c1cc(Oc2ccc(O)cc2C#N)cc(C(=O)OC)c1. The highest BCUT2D eigenvalue weighted by Crippen LogP contribution is 2.29. The van der Waals surface area contributed by atoms with Crippen LogP contribution < -0.4 is 4.74 Å². The van der Waals surface area contributed by atoms with Gasteiger partial charge in [-0.25, -0.2) is 9.59 Å². The molecule has 0 aromatic heterocycles. The van der Waals surface area contributed by atoms with E-state index in [-0.39, 0.29) is 33.9 Å². The minimum Gasteiger partial charge on any atom is -0.508 e. The number of ether oxygens (including phenoxy) is 3. The summed E-state index contributed by atoms with van der Waals surface area (Å²) in [6, 6.07) is 9.92. The van der Waals surface area contributed by atoms with Crippen molar-refractivity contribution < 1.29 is 28.9 Å². The van der Waals surface area contributed by atoms with Crippen LogP contribution in [0, 0.1) is 11.3 Å². The smallest absolute Gasteiger partial charge is 0.338 e. The van der Waals surface area contributed by atoms with Gasteiger partial charge in [-0.15, -0.1) is 0 Å². The number of benzene rings is 2. The fourth-order valence-corrected chi connectivity index (χ4v) is 1.95. The maximum absolute atomic E-state index is 11.7. The van der Waals surface area contributed by atoms with E-state index in [1.807, 2.05) is 6.07 Å². The summed E-state index contributed by atoms with van der Waals surface area (Å²) in [5.41, 5.74) is 0.276. The van der Waals surface area contributed by atoms with E-state index >= 15 is 0 Å². The normalized spacial score (nSPS) is 9.71. The Hall–Kier alpha value is -3.53. The number of nitriles is 1. The van der Waals surface area contributed by atoms with Gasteiger partial charge < -0.3 is 19.3 Å². The number of rotatable bonds is 4. The van der Waals surface area contributed by atoms with Crippen LogP contribution in [0.1, 0.15) is 26.3 Å². The number of phenols is 1. The van der Waals surface area contributed by atoms with Crippen molar-refractivity contribution >= 4 is 11.9 Å². The molecule has 0 saturated carbocycles. The molecule has 2 rings (SSSR count). The molecule has 2 aromatic carbocycles. The number of nitrogens with zero attached hydrogens (tertiary/aromatic N) is 1. The fraction of sp³-hybridized carbons (Fsp3) is 0.118. The molecule has 0 heterocycles. The molecule has 1 N–H and O–H groups in total. The Balaban J connectivity index is 2.48. The van der Waals surface area contributed by atoms with Crippen LogP contribution in [0.25, 0.3) is 0 Å². The Morgan fingerprint density at radius 1 is 1.00 bits per heavy atom. The summed E-state index contributed by atoms with van der Waals surface area (Å²) in [4.78, 5) is 23.5. The van der Waals surface area contributed by atoms with Gasteiger partial charge in [-0.2, -0.15) is 5.26 Å². The summed E-state index contributed by atoms with van der Waals surface area (Å²) < 4.78 is 14.9. The summed E-state index contributed by atoms with van der Waals surface area (Å²) in [6.45, 7) is 0. The van der Waals surface area contributed by atoms with Gasteiger partial charge in [0, 0.05) is 6.07 Å². The number of hydrogen-bond acceptors (Lipinski definition) is 7. The first-order valence-electron chi connectivity index (χ1n) is 6.71. The zero-order valence-corrected chi connectivity index (χ0v) is 12.9. The van der Waals surface area contributed by atoms with Crippen molar-refractivity contribution in [3.63, 3.8) is 0 Å². The third-order valence-corrected chi connectivity index (χ3v) is 3.06. The summed E-state index contributed by atoms with van der Waals surface area (Å²) in [5.74, 6) is -1.10. The van der Waals surface area contributed by atoms with Crippen LogP contribution >= 0.6 is 0 Å². The van der Waals surface area contributed by atoms with E-state index in [0.29, 0.717) is 0 Å². The molecule has 0 saturated heterocycles. The lowest BCUT2D eigenvalue weighted by Crippen LogP contribution is -2.07. The zero-order chi connectivity index (χ0) is 17.7. The fourth-order valence-electron chi connectivity index (χ4n) is 1.95. The van der Waals surface area contributed by atoms with Crippen molar-refractivity contribution in [1.82, 2.24) is 0 Å². The summed E-state index contributed by atoms with van der Waals surface area (Å²) in [6.07, 6.45) is 0. The van der Waals surface area contributed by atoms with Crippen molar-refractivity contribution in [1.29, 1.82) is 5.26 Å². The lowest BCUT2D eigenvalue weighted by atomic mass is 10.1. The number of carbonyl (C=O) groups is 2. The first kappa shape index (κ1) is 16.8. The van der Waals surface area contributed by atoms with Gasteiger partial charge in [0.25, 0.3) is 0 Å². The van der Waals surface area contributed by atoms with E-state index < -0.39 is 11.9 Å². The molecule has 0 radical (unpaired) electrons. The van der Waals surface area contributed by atoms with Crippen molar-refractivity contribution in [2.24, 2.45) is 0 Å². The summed E-state index contributed by atoms with van der Waals surface area (Å²) in [5, 5.41) is 18.5. The van der Waals surface area contributed by atoms with Crippen molar-refractivity contribution in [3.05, 3.63) is 53.1 Å². The Morgan fingerprint density at radius 3 is 2.08 bits per heavy atom. The molecule has 0 bridgehead atoms. The monoisotopic (exact) mass is 327 g/mol. The topological polar surface area (TPSA) is 106 Å². The number of phenolic OH excluding ortho intramolecular Hbond substituents is 1. The molecule has 7 nitrogen and oxygen atoms in total. The maximum atomic E-state index is 11.7. The number of hydrogen-bond donors (Lipinski definition) is 1. The molecule has 0 atom stereocenters. The standard InChI is InChI=1S/C17H13NO6/c1-22-16(20)10-5-11(17(21)23-2)8-14(7-10)24-15-4-3-13(19)6-12(15)9-18/h3-8,19H,1-2H3. The predicted octanol–water partition coefficient (Wildman–Crippen LogP) is 2.63. The summed E-state index contributed by atoms with van der Waals surface area (Å²) >= 11 is 0. The van der Waals surface area contributed by atoms with E-state index in [4.69, 9.17) is 10.00 Å². The number of aromatic hydroxyl groups is 1. The molecule has 0 spiro atoms. The molecule has 0 aliphatic rings. The molecule has 0 aliphatic heterocycles. The Bertz CT molecular complexity index is 803. The van der Waals surface area contributed by atoms with Crippen molar-refractivity contribution in [3.8, 4) is 23.3 Å². The summed E-state index contributed by atoms with van der Waals surface area (Å²) in [7, 11) is 2.42. The zero-order valence-electron chi connectivity index (χ0n) is 12.9. The second-order valence-corrected chi connectivity index (χ2v) is 4.62. The molecule has 0 aliphatic carbocycles. The van der Waals surface area contributed by atoms with Crippen LogP contribution in [0.15, 0.2) is 36.4 Å². The highest BCUT2D eigenvalue weighted by Gasteiger charge is 2.15. The van der Waals surface area contributed by atoms with E-state index in [9.17, 15) is 14.7 Å². The van der Waals surface area contributed by atoms with E-state index in [2.05, 4.69) is 9.47 Å². The second-order valence-electron chi connectivity index (χ2n) is 4.62. The average Bonchev–Trinajstić information content (AvgIpc) is 2.61. The number of carbonyl (C=O) groups excluding carboxylic acids is 2. The molecule has 2 aromatic rings. The van der Waals surface area contributed by atoms with E-state index in [1.165, 1.54) is 50.6 Å². The van der Waals surface area contributed by atoms with Gasteiger partial charge in [-0.3, -0.25) is 0 Å². The predicted molar refractivity (Wildman–Crippen MR) is 82.0 cm³/mol. The lowest BCUT2D eigenvalue weighted by Gasteiger charge is -2.11. The van der Waals surface area contributed by atoms with Gasteiger partial charge >= 0.3 is 11.9 Å². The largest absolute Gasteiger partial charge is 0.508 e. The minimum atomic E-state index is -0.656. The van der Waals surface area contributed by atoms with Crippen molar-refractivity contribution in [2.75, 3.05) is 14.2 Å². The van der Waals surface area contributed by atoms with Gasteiger partial charge in [0.05, 0.1) is 30.9 Å².